The Morgan fingerprint density at radius 1 is 1.47 bits per heavy atom. The molecule has 0 spiro atoms. The standard InChI is InChI=1S/C9H11F3N4O/c1-15(8(17)9(10,11)12)5-7-14-13-6-3-2-4-16(6)7/h2-5H2,1H3. The smallest absolute Gasteiger partial charge is 0.330 e. The van der Waals surface area contributed by atoms with Gasteiger partial charge in [-0.3, -0.25) is 4.79 Å². The molecule has 1 amide bonds. The van der Waals surface area contributed by atoms with Crippen LogP contribution >= 0.6 is 0 Å². The van der Waals surface area contributed by atoms with E-state index in [9.17, 15) is 18.0 Å². The van der Waals surface area contributed by atoms with E-state index >= 15 is 0 Å². The molecule has 0 saturated heterocycles. The van der Waals surface area contributed by atoms with Gasteiger partial charge in [-0.05, 0) is 6.42 Å². The van der Waals surface area contributed by atoms with Crippen molar-refractivity contribution >= 4 is 5.91 Å². The highest BCUT2D eigenvalue weighted by Gasteiger charge is 2.41. The zero-order valence-corrected chi connectivity index (χ0v) is 9.16. The summed E-state index contributed by atoms with van der Waals surface area (Å²) in [4.78, 5) is 11.5. The van der Waals surface area contributed by atoms with Crippen LogP contribution < -0.4 is 0 Å². The van der Waals surface area contributed by atoms with Crippen molar-refractivity contribution in [2.75, 3.05) is 7.05 Å². The number of hydrogen-bond donors (Lipinski definition) is 0. The SMILES string of the molecule is CN(Cc1nnc2n1CCC2)C(=O)C(F)(F)F. The number of carbonyl (C=O) groups excluding carboxylic acids is 1. The summed E-state index contributed by atoms with van der Waals surface area (Å²) >= 11 is 0. The van der Waals surface area contributed by atoms with Gasteiger partial charge in [0.2, 0.25) is 0 Å². The van der Waals surface area contributed by atoms with Gasteiger partial charge in [-0.2, -0.15) is 13.2 Å². The first-order chi connectivity index (χ1) is 7.89. The average Bonchev–Trinajstić information content (AvgIpc) is 2.80. The Morgan fingerprint density at radius 3 is 2.82 bits per heavy atom. The Hall–Kier alpha value is -1.60. The minimum Gasteiger partial charge on any atom is -0.330 e. The van der Waals surface area contributed by atoms with Gasteiger partial charge in [-0.15, -0.1) is 10.2 Å². The largest absolute Gasteiger partial charge is 0.471 e. The number of fused-ring (bicyclic) bond motifs is 1. The molecule has 0 unspecified atom stereocenters. The average molecular weight is 248 g/mol. The monoisotopic (exact) mass is 248 g/mol. The van der Waals surface area contributed by atoms with Gasteiger partial charge < -0.3 is 9.47 Å². The third-order valence-electron chi connectivity index (χ3n) is 2.65. The Labute approximate surface area is 95.2 Å². The van der Waals surface area contributed by atoms with Gasteiger partial charge in [0, 0.05) is 20.0 Å². The number of rotatable bonds is 2. The molecule has 0 fully saturated rings. The molecule has 0 atom stereocenters. The number of aryl methyl sites for hydroxylation is 1. The normalized spacial score (nSPS) is 14.8. The Morgan fingerprint density at radius 2 is 2.18 bits per heavy atom. The van der Waals surface area contributed by atoms with Crippen molar-refractivity contribution in [2.45, 2.75) is 32.1 Å². The molecule has 8 heteroatoms. The van der Waals surface area contributed by atoms with Crippen LogP contribution in [0.15, 0.2) is 0 Å². The van der Waals surface area contributed by atoms with Crippen LogP contribution in [-0.2, 0) is 24.3 Å². The van der Waals surface area contributed by atoms with E-state index in [2.05, 4.69) is 10.2 Å². The highest BCUT2D eigenvalue weighted by Crippen LogP contribution is 2.20. The van der Waals surface area contributed by atoms with Crippen LogP contribution in [0.4, 0.5) is 13.2 Å². The second-order valence-electron chi connectivity index (χ2n) is 3.95. The fraction of sp³-hybridized carbons (Fsp3) is 0.667. The van der Waals surface area contributed by atoms with Crippen molar-refractivity contribution in [1.82, 2.24) is 19.7 Å². The van der Waals surface area contributed by atoms with Gasteiger partial charge >= 0.3 is 12.1 Å². The summed E-state index contributed by atoms with van der Waals surface area (Å²) in [5, 5.41) is 7.66. The minimum atomic E-state index is -4.84. The number of aromatic nitrogens is 3. The molecule has 1 aliphatic rings. The van der Waals surface area contributed by atoms with Crippen molar-refractivity contribution in [3.8, 4) is 0 Å². The summed E-state index contributed by atoms with van der Waals surface area (Å²) in [6, 6.07) is 0. The van der Waals surface area contributed by atoms with Crippen LogP contribution in [0.5, 0.6) is 0 Å². The van der Waals surface area contributed by atoms with Gasteiger partial charge in [-0.25, -0.2) is 0 Å². The zero-order valence-electron chi connectivity index (χ0n) is 9.16. The lowest BCUT2D eigenvalue weighted by atomic mass is 10.4. The zero-order chi connectivity index (χ0) is 12.6. The molecular weight excluding hydrogens is 237 g/mol. The van der Waals surface area contributed by atoms with Crippen molar-refractivity contribution in [2.24, 2.45) is 0 Å². The van der Waals surface area contributed by atoms with E-state index in [1.807, 2.05) is 0 Å². The molecular formula is C9H11F3N4O. The maximum atomic E-state index is 12.2. The molecule has 1 aromatic rings. The fourth-order valence-corrected chi connectivity index (χ4v) is 1.83. The quantitative estimate of drug-likeness (QED) is 0.775. The molecule has 1 aliphatic heterocycles. The van der Waals surface area contributed by atoms with Gasteiger partial charge in [0.1, 0.15) is 5.82 Å². The van der Waals surface area contributed by atoms with Crippen LogP contribution in [-0.4, -0.2) is 38.8 Å². The first-order valence-corrected chi connectivity index (χ1v) is 5.13. The van der Waals surface area contributed by atoms with Crippen LogP contribution in [0, 0.1) is 0 Å². The lowest BCUT2D eigenvalue weighted by molar-refractivity contribution is -0.184. The van der Waals surface area contributed by atoms with E-state index in [0.29, 0.717) is 17.3 Å². The third-order valence-corrected chi connectivity index (χ3v) is 2.65. The summed E-state index contributed by atoms with van der Waals surface area (Å²) in [6.45, 7) is 0.525. The molecule has 0 aromatic carbocycles. The van der Waals surface area contributed by atoms with E-state index in [0.717, 1.165) is 25.7 Å². The predicted molar refractivity (Wildman–Crippen MR) is 50.9 cm³/mol. The first kappa shape index (κ1) is 11.9. The molecule has 0 bridgehead atoms. The molecule has 0 aliphatic carbocycles. The Balaban J connectivity index is 2.08. The maximum absolute atomic E-state index is 12.2. The minimum absolute atomic E-state index is 0.175. The highest BCUT2D eigenvalue weighted by atomic mass is 19.4. The molecule has 94 valence electrons. The summed E-state index contributed by atoms with van der Waals surface area (Å²) in [7, 11) is 1.10. The first-order valence-electron chi connectivity index (χ1n) is 5.13. The van der Waals surface area contributed by atoms with E-state index in [1.165, 1.54) is 0 Å². The molecule has 2 heterocycles. The molecule has 1 aromatic heterocycles. The summed E-state index contributed by atoms with van der Waals surface area (Å²) in [6.07, 6.45) is -3.15. The lowest BCUT2D eigenvalue weighted by Crippen LogP contribution is -2.38. The van der Waals surface area contributed by atoms with E-state index in [4.69, 9.17) is 0 Å². The van der Waals surface area contributed by atoms with Gasteiger partial charge in [-0.1, -0.05) is 0 Å². The fourth-order valence-electron chi connectivity index (χ4n) is 1.83. The number of alkyl halides is 3. The van der Waals surface area contributed by atoms with Crippen molar-refractivity contribution in [3.05, 3.63) is 11.6 Å². The number of halogens is 3. The topological polar surface area (TPSA) is 51.0 Å². The molecule has 17 heavy (non-hydrogen) atoms. The summed E-state index contributed by atoms with van der Waals surface area (Å²) in [5.41, 5.74) is 0. The number of carbonyl (C=O) groups is 1. The predicted octanol–water partition coefficient (Wildman–Crippen LogP) is 0.745. The van der Waals surface area contributed by atoms with Gasteiger partial charge in [0.05, 0.1) is 6.54 Å². The van der Waals surface area contributed by atoms with E-state index < -0.39 is 12.1 Å². The van der Waals surface area contributed by atoms with Crippen LogP contribution in [0.25, 0.3) is 0 Å². The second-order valence-corrected chi connectivity index (χ2v) is 3.95. The van der Waals surface area contributed by atoms with Crippen molar-refractivity contribution in [1.29, 1.82) is 0 Å². The van der Waals surface area contributed by atoms with Crippen molar-refractivity contribution in [3.63, 3.8) is 0 Å². The molecule has 5 nitrogen and oxygen atoms in total. The van der Waals surface area contributed by atoms with Crippen LogP contribution in [0.1, 0.15) is 18.1 Å². The highest BCUT2D eigenvalue weighted by molar-refractivity contribution is 5.81. The number of hydrogen-bond acceptors (Lipinski definition) is 3. The second kappa shape index (κ2) is 4.01. The third kappa shape index (κ3) is 2.25. The Kier molecular flexibility index (Phi) is 2.80. The number of nitrogens with zero attached hydrogens (tertiary/aromatic N) is 4. The van der Waals surface area contributed by atoms with Crippen LogP contribution in [0.3, 0.4) is 0 Å². The lowest BCUT2D eigenvalue weighted by Gasteiger charge is -2.18. The summed E-state index contributed by atoms with van der Waals surface area (Å²) < 4.78 is 38.3. The molecule has 2 rings (SSSR count). The van der Waals surface area contributed by atoms with Gasteiger partial charge in [0.25, 0.3) is 0 Å². The van der Waals surface area contributed by atoms with Crippen molar-refractivity contribution < 1.29 is 18.0 Å². The number of amides is 1. The van der Waals surface area contributed by atoms with E-state index in [-0.39, 0.29) is 6.54 Å². The molecule has 0 saturated carbocycles. The van der Waals surface area contributed by atoms with Gasteiger partial charge in [0.15, 0.2) is 5.82 Å². The maximum Gasteiger partial charge on any atom is 0.471 e. The summed E-state index contributed by atoms with van der Waals surface area (Å²) in [5.74, 6) is -0.696. The molecule has 0 radical (unpaired) electrons. The van der Waals surface area contributed by atoms with E-state index in [1.54, 1.807) is 4.57 Å². The Bertz CT molecular complexity index is 440. The van der Waals surface area contributed by atoms with Crippen LogP contribution in [0.2, 0.25) is 0 Å². The molecule has 0 N–H and O–H groups in total.